The van der Waals surface area contributed by atoms with E-state index in [1.807, 2.05) is 12.2 Å². The molecule has 0 fully saturated rings. The van der Waals surface area contributed by atoms with Crippen molar-refractivity contribution in [1.82, 2.24) is 0 Å². The van der Waals surface area contributed by atoms with Gasteiger partial charge < -0.3 is 14.2 Å². The Balaban J connectivity index is 4.55. The summed E-state index contributed by atoms with van der Waals surface area (Å²) in [5.41, 5.74) is 0. The van der Waals surface area contributed by atoms with Gasteiger partial charge in [-0.25, -0.2) is 0 Å². The summed E-state index contributed by atoms with van der Waals surface area (Å²) in [4.78, 5) is 25.5. The minimum Gasteiger partial charge on any atom is -0.462 e. The van der Waals surface area contributed by atoms with Crippen molar-refractivity contribution >= 4 is 11.9 Å². The second-order valence-electron chi connectivity index (χ2n) is 18.4. The first kappa shape index (κ1) is 67.5. The van der Waals surface area contributed by atoms with Crippen molar-refractivity contribution in [2.45, 2.75) is 232 Å². The molecule has 0 radical (unpaired) electrons. The largest absolute Gasteiger partial charge is 0.462 e. The molecule has 1 unspecified atom stereocenters. The predicted molar refractivity (Wildman–Crippen MR) is 315 cm³/mol. The second-order valence-corrected chi connectivity index (χ2v) is 18.4. The Labute approximate surface area is 444 Å². The van der Waals surface area contributed by atoms with E-state index in [4.69, 9.17) is 14.2 Å². The summed E-state index contributed by atoms with van der Waals surface area (Å²) in [6.07, 6.45) is 90.1. The molecule has 72 heavy (non-hydrogen) atoms. The van der Waals surface area contributed by atoms with E-state index in [0.29, 0.717) is 19.4 Å². The van der Waals surface area contributed by atoms with Gasteiger partial charge in [0.25, 0.3) is 0 Å². The van der Waals surface area contributed by atoms with Crippen molar-refractivity contribution in [1.29, 1.82) is 0 Å². The van der Waals surface area contributed by atoms with Crippen LogP contribution in [0.4, 0.5) is 0 Å². The van der Waals surface area contributed by atoms with Crippen molar-refractivity contribution in [3.63, 3.8) is 0 Å². The minimum absolute atomic E-state index is 0.00313. The first-order chi connectivity index (χ1) is 35.6. The first-order valence-electron chi connectivity index (χ1n) is 29.0. The average molecular weight is 992 g/mol. The van der Waals surface area contributed by atoms with Crippen LogP contribution in [0.15, 0.2) is 158 Å². The van der Waals surface area contributed by atoms with Crippen molar-refractivity contribution in [2.75, 3.05) is 19.8 Å². The zero-order chi connectivity index (χ0) is 52.0. The number of esters is 2. The van der Waals surface area contributed by atoms with Crippen LogP contribution in [0, 0.1) is 0 Å². The number of unbranched alkanes of at least 4 members (excludes halogenated alkanes) is 14. The highest BCUT2D eigenvalue weighted by Crippen LogP contribution is 2.12. The maximum atomic E-state index is 12.8. The lowest BCUT2D eigenvalue weighted by Gasteiger charge is -2.18. The van der Waals surface area contributed by atoms with E-state index in [1.165, 1.54) is 89.9 Å². The first-order valence-corrected chi connectivity index (χ1v) is 29.0. The molecule has 0 saturated heterocycles. The molecule has 0 aliphatic rings. The number of allylic oxidation sites excluding steroid dienone is 26. The van der Waals surface area contributed by atoms with Gasteiger partial charge in [-0.1, -0.05) is 249 Å². The Kier molecular flexibility index (Phi) is 57.0. The van der Waals surface area contributed by atoms with Crippen LogP contribution in [0.3, 0.4) is 0 Å². The molecule has 0 aliphatic heterocycles. The quantitative estimate of drug-likeness (QED) is 0.0345. The summed E-state index contributed by atoms with van der Waals surface area (Å²) < 4.78 is 17.3. The van der Waals surface area contributed by atoms with Gasteiger partial charge in [0.1, 0.15) is 6.61 Å². The molecule has 0 bridgehead atoms. The Morgan fingerprint density at radius 3 is 1.00 bits per heavy atom. The molecule has 0 heterocycles. The van der Waals surface area contributed by atoms with E-state index in [-0.39, 0.29) is 38.0 Å². The minimum atomic E-state index is -0.622. The van der Waals surface area contributed by atoms with Gasteiger partial charge in [-0.2, -0.15) is 0 Å². The van der Waals surface area contributed by atoms with Gasteiger partial charge in [0, 0.05) is 19.4 Å². The number of rotatable bonds is 51. The lowest BCUT2D eigenvalue weighted by molar-refractivity contribution is -0.162. The second kappa shape index (κ2) is 60.8. The fourth-order valence-corrected chi connectivity index (χ4v) is 7.32. The zero-order valence-corrected chi connectivity index (χ0v) is 46.4. The Hall–Kier alpha value is -4.48. The van der Waals surface area contributed by atoms with E-state index in [2.05, 4.69) is 167 Å². The standard InChI is InChI=1S/C67H106O5/c1-4-7-10-13-16-19-22-25-28-31-34-36-39-42-45-48-51-54-57-60-66(68)71-64-65(63-70-62-59-56-53-50-47-44-41-38-33-30-27-24-21-18-15-12-9-6-3)72-67(69)61-58-55-52-49-46-43-40-37-35-32-29-26-23-20-17-14-11-8-5-2/h7-8,10-11,16-17,19-20,25-30,34-37,42-43,45-46,51-52,54-55,65H,4-6,9,12-15,18,21-24,31-33,38-41,44,47-50,53,56-64H2,1-3H3/b10-7-,11-8-,19-16-,20-17-,28-25-,29-26-,30-27-,36-34-,37-35-,45-42-,46-43-,54-51-,55-52-. The van der Waals surface area contributed by atoms with Crippen LogP contribution in [0.5, 0.6) is 0 Å². The molecule has 1 atom stereocenters. The molecule has 5 heteroatoms. The number of ether oxygens (including phenoxy) is 3. The number of carbonyl (C=O) groups excluding carboxylic acids is 2. The molecule has 0 saturated carbocycles. The highest BCUT2D eigenvalue weighted by Gasteiger charge is 2.17. The summed E-state index contributed by atoms with van der Waals surface area (Å²) in [5.74, 6) is -0.602. The monoisotopic (exact) mass is 991 g/mol. The zero-order valence-electron chi connectivity index (χ0n) is 46.4. The van der Waals surface area contributed by atoms with Crippen molar-refractivity contribution < 1.29 is 23.8 Å². The molecule has 0 aliphatic carbocycles. The Morgan fingerprint density at radius 1 is 0.319 bits per heavy atom. The average Bonchev–Trinajstić information content (AvgIpc) is 3.38. The SMILES string of the molecule is CC/C=C\C/C=C\C/C=C\C/C=C\C/C=C\C/C=C\CCC(=O)OCC(COCCCCCCCCCC/C=C\CCCCCCCC)OC(=O)CC/C=C\C/C=C\C/C=C\C/C=C\C/C=C\C/C=C\CC. The van der Waals surface area contributed by atoms with Crippen molar-refractivity contribution in [3.05, 3.63) is 158 Å². The summed E-state index contributed by atoms with van der Waals surface area (Å²) in [5, 5.41) is 0. The predicted octanol–water partition coefficient (Wildman–Crippen LogP) is 20.2. The normalized spacial score (nSPS) is 13.4. The Bertz CT molecular complexity index is 1590. The van der Waals surface area contributed by atoms with Crippen LogP contribution in [0.2, 0.25) is 0 Å². The van der Waals surface area contributed by atoms with Crippen LogP contribution >= 0.6 is 0 Å². The fourth-order valence-electron chi connectivity index (χ4n) is 7.32. The number of hydrogen-bond donors (Lipinski definition) is 0. The topological polar surface area (TPSA) is 61.8 Å². The maximum absolute atomic E-state index is 12.8. The smallest absolute Gasteiger partial charge is 0.306 e. The molecule has 0 N–H and O–H groups in total. The summed E-state index contributed by atoms with van der Waals surface area (Å²) in [6, 6.07) is 0. The van der Waals surface area contributed by atoms with Gasteiger partial charge in [0.15, 0.2) is 6.10 Å². The van der Waals surface area contributed by atoms with E-state index >= 15 is 0 Å². The fraction of sp³-hybridized carbons (Fsp3) is 0.582. The third-order valence-electron chi connectivity index (χ3n) is 11.6. The molecule has 0 rings (SSSR count). The lowest BCUT2D eigenvalue weighted by atomic mass is 10.1. The van der Waals surface area contributed by atoms with E-state index < -0.39 is 6.10 Å². The molecule has 0 spiro atoms. The highest BCUT2D eigenvalue weighted by molar-refractivity contribution is 5.70. The van der Waals surface area contributed by atoms with Crippen LogP contribution in [0.25, 0.3) is 0 Å². The van der Waals surface area contributed by atoms with Gasteiger partial charge in [-0.05, 0) is 122 Å². The molecule has 5 nitrogen and oxygen atoms in total. The van der Waals surface area contributed by atoms with E-state index in [9.17, 15) is 9.59 Å². The van der Waals surface area contributed by atoms with Gasteiger partial charge in [0.05, 0.1) is 6.61 Å². The summed E-state index contributed by atoms with van der Waals surface area (Å²) in [6.45, 7) is 7.42. The third kappa shape index (κ3) is 58.1. The number of carbonyl (C=O) groups is 2. The van der Waals surface area contributed by atoms with Gasteiger partial charge in [-0.15, -0.1) is 0 Å². The lowest BCUT2D eigenvalue weighted by Crippen LogP contribution is -2.30. The summed E-state index contributed by atoms with van der Waals surface area (Å²) >= 11 is 0. The maximum Gasteiger partial charge on any atom is 0.306 e. The van der Waals surface area contributed by atoms with E-state index in [1.54, 1.807) is 0 Å². The van der Waals surface area contributed by atoms with Gasteiger partial charge in [-0.3, -0.25) is 9.59 Å². The van der Waals surface area contributed by atoms with Crippen LogP contribution < -0.4 is 0 Å². The number of hydrogen-bond acceptors (Lipinski definition) is 5. The van der Waals surface area contributed by atoms with Crippen molar-refractivity contribution in [2.24, 2.45) is 0 Å². The van der Waals surface area contributed by atoms with Crippen LogP contribution in [-0.4, -0.2) is 37.9 Å². The molecular formula is C67H106O5. The molecule has 404 valence electrons. The van der Waals surface area contributed by atoms with Crippen LogP contribution in [-0.2, 0) is 23.8 Å². The Morgan fingerprint density at radius 2 is 0.625 bits per heavy atom. The third-order valence-corrected chi connectivity index (χ3v) is 11.6. The van der Waals surface area contributed by atoms with E-state index in [0.717, 1.165) is 89.9 Å². The van der Waals surface area contributed by atoms with Crippen LogP contribution in [0.1, 0.15) is 226 Å². The van der Waals surface area contributed by atoms with Gasteiger partial charge in [0.2, 0.25) is 0 Å². The van der Waals surface area contributed by atoms with Gasteiger partial charge >= 0.3 is 11.9 Å². The summed E-state index contributed by atoms with van der Waals surface area (Å²) in [7, 11) is 0. The highest BCUT2D eigenvalue weighted by atomic mass is 16.6. The molecule has 0 aromatic carbocycles. The molecule has 0 aromatic heterocycles. The molecular weight excluding hydrogens is 885 g/mol. The molecule has 0 aromatic rings. The van der Waals surface area contributed by atoms with Crippen molar-refractivity contribution in [3.8, 4) is 0 Å². The molecule has 0 amide bonds.